The number of hydrogen-bond acceptors (Lipinski definition) is 8. The number of carbonyl (C=O) groups is 1. The molecule has 1 aliphatic heterocycles. The van der Waals surface area contributed by atoms with Crippen LogP contribution in [0.1, 0.15) is 44.9 Å². The Balaban J connectivity index is 1.55. The van der Waals surface area contributed by atoms with Crippen molar-refractivity contribution in [2.24, 2.45) is 7.05 Å². The number of pyridine rings is 1. The molecule has 170 valence electrons. The van der Waals surface area contributed by atoms with E-state index in [0.717, 1.165) is 37.2 Å². The number of nitrogens with zero attached hydrogens (tertiary/aromatic N) is 5. The van der Waals surface area contributed by atoms with Gasteiger partial charge in [0.1, 0.15) is 17.0 Å². The van der Waals surface area contributed by atoms with E-state index in [-0.39, 0.29) is 0 Å². The van der Waals surface area contributed by atoms with Crippen LogP contribution in [0.4, 0.5) is 16.3 Å². The fraction of sp³-hybridized carbons (Fsp3) is 0.619. The van der Waals surface area contributed by atoms with Crippen LogP contribution in [-0.4, -0.2) is 57.9 Å². The Labute approximate surface area is 183 Å². The lowest BCUT2D eigenvalue weighted by Crippen LogP contribution is -2.42. The quantitative estimate of drug-likeness (QED) is 0.719. The Hall–Kier alpha value is -2.88. The minimum Gasteiger partial charge on any atom is -0.480 e. The van der Waals surface area contributed by atoms with Gasteiger partial charge in [0.15, 0.2) is 5.82 Å². The van der Waals surface area contributed by atoms with Gasteiger partial charge in [0.25, 0.3) is 0 Å². The van der Waals surface area contributed by atoms with Crippen LogP contribution in [-0.2, 0) is 18.3 Å². The SMILES string of the molecule is COc1nccc(C)c1N1CCC(NCc2nn(C)nc2NC(=O)OC(C)(C)C)CC1. The Morgan fingerprint density at radius 3 is 2.61 bits per heavy atom. The second kappa shape index (κ2) is 9.51. The van der Waals surface area contributed by atoms with E-state index in [9.17, 15) is 4.79 Å². The molecule has 2 N–H and O–H groups in total. The fourth-order valence-electron chi connectivity index (χ4n) is 3.67. The Bertz CT molecular complexity index is 899. The highest BCUT2D eigenvalue weighted by molar-refractivity contribution is 5.84. The maximum absolute atomic E-state index is 12.1. The second-order valence-corrected chi connectivity index (χ2v) is 8.74. The van der Waals surface area contributed by atoms with E-state index in [2.05, 4.69) is 37.6 Å². The smallest absolute Gasteiger partial charge is 0.413 e. The van der Waals surface area contributed by atoms with Crippen molar-refractivity contribution in [2.45, 2.75) is 58.7 Å². The maximum Gasteiger partial charge on any atom is 0.413 e. The molecular formula is C21H33N7O3. The molecule has 1 amide bonds. The summed E-state index contributed by atoms with van der Waals surface area (Å²) in [6, 6.07) is 2.35. The van der Waals surface area contributed by atoms with Gasteiger partial charge in [-0.1, -0.05) is 0 Å². The van der Waals surface area contributed by atoms with Gasteiger partial charge in [0.2, 0.25) is 5.88 Å². The normalized spacial score (nSPS) is 15.1. The first-order valence-corrected chi connectivity index (χ1v) is 10.5. The third-order valence-electron chi connectivity index (χ3n) is 5.06. The van der Waals surface area contributed by atoms with E-state index < -0.39 is 11.7 Å². The van der Waals surface area contributed by atoms with Gasteiger partial charge in [-0.2, -0.15) is 9.90 Å². The van der Waals surface area contributed by atoms with Crippen molar-refractivity contribution < 1.29 is 14.3 Å². The summed E-state index contributed by atoms with van der Waals surface area (Å²) >= 11 is 0. The van der Waals surface area contributed by atoms with Crippen LogP contribution in [0, 0.1) is 6.92 Å². The molecule has 0 bridgehead atoms. The number of nitrogens with one attached hydrogen (secondary N) is 2. The molecule has 0 saturated carbocycles. The van der Waals surface area contributed by atoms with Crippen LogP contribution in [0.3, 0.4) is 0 Å². The van der Waals surface area contributed by atoms with Crippen LogP contribution in [0.25, 0.3) is 0 Å². The van der Waals surface area contributed by atoms with E-state index in [1.807, 2.05) is 26.8 Å². The number of ether oxygens (including phenoxy) is 2. The van der Waals surface area contributed by atoms with E-state index in [0.29, 0.717) is 30.0 Å². The fourth-order valence-corrected chi connectivity index (χ4v) is 3.67. The minimum atomic E-state index is -0.575. The lowest BCUT2D eigenvalue weighted by molar-refractivity contribution is 0.0635. The molecule has 0 atom stereocenters. The average Bonchev–Trinajstić information content (AvgIpc) is 3.04. The van der Waals surface area contributed by atoms with Crippen LogP contribution in [0.15, 0.2) is 12.3 Å². The number of carbonyl (C=O) groups excluding carboxylic acids is 1. The van der Waals surface area contributed by atoms with Gasteiger partial charge in [-0.15, -0.1) is 5.10 Å². The van der Waals surface area contributed by atoms with Crippen LogP contribution in [0.5, 0.6) is 5.88 Å². The average molecular weight is 432 g/mol. The minimum absolute atomic E-state index is 0.343. The predicted molar refractivity (Wildman–Crippen MR) is 118 cm³/mol. The van der Waals surface area contributed by atoms with Crippen LogP contribution in [0.2, 0.25) is 0 Å². The highest BCUT2D eigenvalue weighted by Gasteiger charge is 2.24. The molecule has 3 heterocycles. The van der Waals surface area contributed by atoms with Gasteiger partial charge in [0.05, 0.1) is 7.11 Å². The molecule has 1 fully saturated rings. The van der Waals surface area contributed by atoms with E-state index >= 15 is 0 Å². The van der Waals surface area contributed by atoms with Gasteiger partial charge in [-0.25, -0.2) is 9.78 Å². The predicted octanol–water partition coefficient (Wildman–Crippen LogP) is 2.63. The number of anilines is 2. The summed E-state index contributed by atoms with van der Waals surface area (Å²) in [5.41, 5.74) is 2.34. The highest BCUT2D eigenvalue weighted by atomic mass is 16.6. The molecule has 1 aliphatic rings. The largest absolute Gasteiger partial charge is 0.480 e. The second-order valence-electron chi connectivity index (χ2n) is 8.74. The lowest BCUT2D eigenvalue weighted by Gasteiger charge is -2.35. The van der Waals surface area contributed by atoms with Crippen LogP contribution >= 0.6 is 0 Å². The summed E-state index contributed by atoms with van der Waals surface area (Å²) in [4.78, 5) is 20.2. The van der Waals surface area contributed by atoms with E-state index in [4.69, 9.17) is 9.47 Å². The molecule has 2 aromatic heterocycles. The number of hydrogen-bond donors (Lipinski definition) is 2. The molecule has 0 aromatic carbocycles. The zero-order valence-corrected chi connectivity index (χ0v) is 19.2. The number of methoxy groups -OCH3 is 1. The Kier molecular flexibility index (Phi) is 6.99. The summed E-state index contributed by atoms with van der Waals surface area (Å²) in [5, 5.41) is 14.9. The zero-order chi connectivity index (χ0) is 22.6. The first-order chi connectivity index (χ1) is 14.7. The standard InChI is InChI=1S/C21H33N7O3/c1-14-7-10-22-19(30-6)17(14)28-11-8-15(9-12-28)23-13-16-18(26-27(5)25-16)24-20(29)31-21(2,3)4/h7,10,15,23H,8-9,11-13H2,1-6H3,(H,24,26,29). The first kappa shape index (κ1) is 22.8. The summed E-state index contributed by atoms with van der Waals surface area (Å²) < 4.78 is 10.8. The van der Waals surface area contributed by atoms with Crippen molar-refractivity contribution in [3.05, 3.63) is 23.5 Å². The third kappa shape index (κ3) is 6.06. The van der Waals surface area contributed by atoms with Gasteiger partial charge in [-0.05, 0) is 52.2 Å². The number of piperidine rings is 1. The molecule has 10 heteroatoms. The Morgan fingerprint density at radius 1 is 1.26 bits per heavy atom. The van der Waals surface area contributed by atoms with E-state index in [1.165, 1.54) is 4.80 Å². The van der Waals surface area contributed by atoms with E-state index in [1.54, 1.807) is 20.4 Å². The molecule has 0 spiro atoms. The van der Waals surface area contributed by atoms with Gasteiger partial charge in [0, 0.05) is 38.9 Å². The van der Waals surface area contributed by atoms with Crippen molar-refractivity contribution in [3.8, 4) is 5.88 Å². The van der Waals surface area contributed by atoms with Gasteiger partial charge >= 0.3 is 6.09 Å². The molecule has 1 saturated heterocycles. The maximum atomic E-state index is 12.1. The van der Waals surface area contributed by atoms with Crippen molar-refractivity contribution in [1.82, 2.24) is 25.3 Å². The first-order valence-electron chi connectivity index (χ1n) is 10.5. The van der Waals surface area contributed by atoms with Gasteiger partial charge in [-0.3, -0.25) is 5.32 Å². The number of aromatic nitrogens is 4. The van der Waals surface area contributed by atoms with Crippen molar-refractivity contribution >= 4 is 17.6 Å². The summed E-state index contributed by atoms with van der Waals surface area (Å²) in [5.74, 6) is 1.08. The molecule has 10 nitrogen and oxygen atoms in total. The van der Waals surface area contributed by atoms with Crippen molar-refractivity contribution in [1.29, 1.82) is 0 Å². The molecule has 0 aliphatic carbocycles. The van der Waals surface area contributed by atoms with Crippen LogP contribution < -0.4 is 20.3 Å². The number of rotatable bonds is 6. The highest BCUT2D eigenvalue weighted by Crippen LogP contribution is 2.31. The Morgan fingerprint density at radius 2 is 1.97 bits per heavy atom. The lowest BCUT2D eigenvalue weighted by atomic mass is 10.0. The molecular weight excluding hydrogens is 398 g/mol. The molecule has 0 radical (unpaired) electrons. The molecule has 0 unspecified atom stereocenters. The van der Waals surface area contributed by atoms with Crippen molar-refractivity contribution in [3.63, 3.8) is 0 Å². The number of amides is 1. The topological polar surface area (TPSA) is 106 Å². The summed E-state index contributed by atoms with van der Waals surface area (Å²) in [7, 11) is 3.38. The number of aryl methyl sites for hydroxylation is 2. The molecule has 3 rings (SSSR count). The molecule has 2 aromatic rings. The monoisotopic (exact) mass is 431 g/mol. The van der Waals surface area contributed by atoms with Gasteiger partial charge < -0.3 is 19.7 Å². The summed E-state index contributed by atoms with van der Waals surface area (Å²) in [6.45, 7) is 9.87. The van der Waals surface area contributed by atoms with Crippen molar-refractivity contribution in [2.75, 3.05) is 30.4 Å². The molecule has 31 heavy (non-hydrogen) atoms. The summed E-state index contributed by atoms with van der Waals surface area (Å²) in [6.07, 6.45) is 3.19. The zero-order valence-electron chi connectivity index (χ0n) is 19.2. The third-order valence-corrected chi connectivity index (χ3v) is 5.06.